The van der Waals surface area contributed by atoms with Crippen LogP contribution in [0.5, 0.6) is 0 Å². The fraction of sp³-hybridized carbons (Fsp3) is 0.462. The van der Waals surface area contributed by atoms with Crippen molar-refractivity contribution < 1.29 is 9.90 Å². The Hall–Kier alpha value is -1.69. The number of carboxylic acids is 1. The summed E-state index contributed by atoms with van der Waals surface area (Å²) in [4.78, 5) is 16.8. The highest BCUT2D eigenvalue weighted by molar-refractivity contribution is 7.13. The Morgan fingerprint density at radius 2 is 2.26 bits per heavy atom. The highest BCUT2D eigenvalue weighted by Gasteiger charge is 2.64. The van der Waals surface area contributed by atoms with E-state index in [1.807, 2.05) is 38.4 Å². The first kappa shape index (κ1) is 12.3. The number of aryl methyl sites for hydroxylation is 1. The summed E-state index contributed by atoms with van der Waals surface area (Å²) in [5, 5.41) is 15.6. The van der Waals surface area contributed by atoms with E-state index < -0.39 is 5.97 Å². The van der Waals surface area contributed by atoms with E-state index in [4.69, 9.17) is 0 Å². The third-order valence-corrected chi connectivity index (χ3v) is 4.78. The number of rotatable bonds is 3. The highest BCUT2D eigenvalue weighted by Crippen LogP contribution is 2.64. The molecule has 0 radical (unpaired) electrons. The summed E-state index contributed by atoms with van der Waals surface area (Å²) in [6.07, 6.45) is 0. The molecule has 0 spiro atoms. The highest BCUT2D eigenvalue weighted by atomic mass is 32.1. The predicted octanol–water partition coefficient (Wildman–Crippen LogP) is 2.37. The van der Waals surface area contributed by atoms with Crippen LogP contribution in [0, 0.1) is 11.3 Å². The predicted molar refractivity (Wildman–Crippen MR) is 72.0 cm³/mol. The molecule has 0 saturated heterocycles. The number of hydrogen-bond acceptors (Lipinski definition) is 4. The zero-order valence-electron chi connectivity index (χ0n) is 11.0. The smallest absolute Gasteiger partial charge is 0.307 e. The number of hydrogen-bond donors (Lipinski definition) is 1. The summed E-state index contributed by atoms with van der Waals surface area (Å²) in [6, 6.07) is 3.92. The van der Waals surface area contributed by atoms with Crippen molar-refractivity contribution in [2.24, 2.45) is 18.4 Å². The van der Waals surface area contributed by atoms with Gasteiger partial charge >= 0.3 is 5.97 Å². The van der Waals surface area contributed by atoms with Crippen LogP contribution in [0.3, 0.4) is 0 Å². The summed E-state index contributed by atoms with van der Waals surface area (Å²) in [7, 11) is 1.83. The van der Waals surface area contributed by atoms with Crippen molar-refractivity contribution in [3.63, 3.8) is 0 Å². The molecule has 0 aromatic carbocycles. The summed E-state index contributed by atoms with van der Waals surface area (Å²) in [5.74, 6) is 0.263. The van der Waals surface area contributed by atoms with Crippen molar-refractivity contribution in [1.29, 1.82) is 0 Å². The molecule has 2 heterocycles. The number of carboxylic acid groups (broad SMARTS) is 1. The van der Waals surface area contributed by atoms with Gasteiger partial charge in [0.25, 0.3) is 0 Å². The molecule has 2 atom stereocenters. The van der Waals surface area contributed by atoms with Crippen LogP contribution in [0.15, 0.2) is 17.5 Å². The molecule has 1 aliphatic carbocycles. The lowest BCUT2D eigenvalue weighted by Gasteiger charge is -2.00. The normalized spacial score (nSPS) is 24.4. The second-order valence-electron chi connectivity index (χ2n) is 5.51. The van der Waals surface area contributed by atoms with Crippen LogP contribution in [0.25, 0.3) is 10.7 Å². The Balaban J connectivity index is 1.98. The zero-order chi connectivity index (χ0) is 13.8. The molecule has 100 valence electrons. The van der Waals surface area contributed by atoms with Gasteiger partial charge in [-0.1, -0.05) is 19.9 Å². The average Bonchev–Trinajstić information content (AvgIpc) is 2.77. The molecule has 6 heteroatoms. The number of nitrogens with zero attached hydrogens (tertiary/aromatic N) is 3. The van der Waals surface area contributed by atoms with Gasteiger partial charge in [0, 0.05) is 13.0 Å². The monoisotopic (exact) mass is 277 g/mol. The average molecular weight is 277 g/mol. The van der Waals surface area contributed by atoms with Crippen molar-refractivity contribution >= 4 is 17.3 Å². The van der Waals surface area contributed by atoms with Gasteiger partial charge in [-0.3, -0.25) is 9.48 Å². The summed E-state index contributed by atoms with van der Waals surface area (Å²) in [5.41, 5.74) is -0.251. The number of thiophene rings is 1. The van der Waals surface area contributed by atoms with E-state index in [0.29, 0.717) is 5.82 Å². The van der Waals surface area contributed by atoms with E-state index in [9.17, 15) is 9.90 Å². The van der Waals surface area contributed by atoms with Crippen LogP contribution in [-0.2, 0) is 11.8 Å². The molecule has 1 fully saturated rings. The number of carbonyl (C=O) groups is 1. The van der Waals surface area contributed by atoms with Gasteiger partial charge in [-0.15, -0.1) is 11.3 Å². The lowest BCUT2D eigenvalue weighted by atomic mass is 10.1. The van der Waals surface area contributed by atoms with Crippen LogP contribution in [0.1, 0.15) is 25.6 Å². The van der Waals surface area contributed by atoms with Crippen molar-refractivity contribution in [3.05, 3.63) is 23.3 Å². The molecule has 1 N–H and O–H groups in total. The summed E-state index contributed by atoms with van der Waals surface area (Å²) < 4.78 is 1.71. The van der Waals surface area contributed by atoms with Gasteiger partial charge in [0.1, 0.15) is 5.82 Å². The van der Waals surface area contributed by atoms with Crippen molar-refractivity contribution in [2.75, 3.05) is 0 Å². The van der Waals surface area contributed by atoms with E-state index in [1.165, 1.54) is 0 Å². The fourth-order valence-electron chi connectivity index (χ4n) is 2.76. The molecular weight excluding hydrogens is 262 g/mol. The maximum Gasteiger partial charge on any atom is 0.307 e. The van der Waals surface area contributed by atoms with Gasteiger partial charge in [0.2, 0.25) is 0 Å². The second kappa shape index (κ2) is 3.90. The van der Waals surface area contributed by atoms with E-state index in [2.05, 4.69) is 10.1 Å². The standard InChI is InChI=1S/C13H15N3O2S/c1-13(2)8(9(13)12(17)18)11-14-10(15-16(11)3)7-5-4-6-19-7/h4-6,8-9H,1-3H3,(H,17,18). The summed E-state index contributed by atoms with van der Waals surface area (Å²) >= 11 is 1.58. The zero-order valence-corrected chi connectivity index (χ0v) is 11.8. The lowest BCUT2D eigenvalue weighted by Crippen LogP contribution is -2.04. The minimum absolute atomic E-state index is 0.0591. The Kier molecular flexibility index (Phi) is 2.53. The maximum atomic E-state index is 11.3. The number of aromatic nitrogens is 3. The lowest BCUT2D eigenvalue weighted by molar-refractivity contribution is -0.139. The van der Waals surface area contributed by atoms with Crippen molar-refractivity contribution in [1.82, 2.24) is 14.8 Å². The van der Waals surface area contributed by atoms with Crippen molar-refractivity contribution in [2.45, 2.75) is 19.8 Å². The van der Waals surface area contributed by atoms with Gasteiger partial charge in [-0.05, 0) is 16.9 Å². The quantitative estimate of drug-likeness (QED) is 0.935. The molecule has 2 aromatic heterocycles. The summed E-state index contributed by atoms with van der Waals surface area (Å²) in [6.45, 7) is 3.94. The first-order valence-electron chi connectivity index (χ1n) is 6.10. The van der Waals surface area contributed by atoms with Gasteiger partial charge in [-0.2, -0.15) is 5.10 Å². The Bertz CT molecular complexity index is 630. The third kappa shape index (κ3) is 1.78. The SMILES string of the molecule is Cn1nc(-c2cccs2)nc1C1C(C(=O)O)C1(C)C. The molecule has 19 heavy (non-hydrogen) atoms. The molecule has 2 unspecified atom stereocenters. The van der Waals surface area contributed by atoms with E-state index in [-0.39, 0.29) is 17.3 Å². The van der Waals surface area contributed by atoms with Crippen molar-refractivity contribution in [3.8, 4) is 10.7 Å². The molecule has 5 nitrogen and oxygen atoms in total. The third-order valence-electron chi connectivity index (χ3n) is 3.91. The van der Waals surface area contributed by atoms with E-state index in [1.54, 1.807) is 16.0 Å². The Labute approximate surface area is 114 Å². The molecule has 1 aliphatic rings. The molecule has 0 aliphatic heterocycles. The van der Waals surface area contributed by atoms with Crippen LogP contribution >= 0.6 is 11.3 Å². The van der Waals surface area contributed by atoms with Crippen LogP contribution in [-0.4, -0.2) is 25.8 Å². The topological polar surface area (TPSA) is 68.0 Å². The van der Waals surface area contributed by atoms with Gasteiger partial charge < -0.3 is 5.11 Å². The van der Waals surface area contributed by atoms with Gasteiger partial charge in [-0.25, -0.2) is 4.98 Å². The molecular formula is C13H15N3O2S. The second-order valence-corrected chi connectivity index (χ2v) is 6.46. The molecule has 3 rings (SSSR count). The minimum atomic E-state index is -0.754. The Morgan fingerprint density at radius 1 is 1.53 bits per heavy atom. The molecule has 1 saturated carbocycles. The molecule has 0 bridgehead atoms. The maximum absolute atomic E-state index is 11.3. The molecule has 2 aromatic rings. The minimum Gasteiger partial charge on any atom is -0.481 e. The first-order chi connectivity index (χ1) is 8.93. The van der Waals surface area contributed by atoms with E-state index >= 15 is 0 Å². The molecule has 0 amide bonds. The Morgan fingerprint density at radius 3 is 2.79 bits per heavy atom. The van der Waals surface area contributed by atoms with E-state index in [0.717, 1.165) is 10.7 Å². The fourth-order valence-corrected chi connectivity index (χ4v) is 3.41. The van der Waals surface area contributed by atoms with Gasteiger partial charge in [0.15, 0.2) is 5.82 Å². The van der Waals surface area contributed by atoms with Crippen LogP contribution < -0.4 is 0 Å². The largest absolute Gasteiger partial charge is 0.481 e. The van der Waals surface area contributed by atoms with Crippen LogP contribution in [0.4, 0.5) is 0 Å². The van der Waals surface area contributed by atoms with Crippen LogP contribution in [0.2, 0.25) is 0 Å². The number of aliphatic carboxylic acids is 1. The van der Waals surface area contributed by atoms with Gasteiger partial charge in [0.05, 0.1) is 10.8 Å². The first-order valence-corrected chi connectivity index (χ1v) is 6.98.